The molecule has 2 aromatic rings. The normalized spacial score (nSPS) is 15.0. The number of rotatable bonds is 5. The Morgan fingerprint density at radius 2 is 1.71 bits per heavy atom. The monoisotopic (exact) mass is 476 g/mol. The van der Waals surface area contributed by atoms with Gasteiger partial charge in [0.2, 0.25) is 10.0 Å². The van der Waals surface area contributed by atoms with Crippen molar-refractivity contribution >= 4 is 37.5 Å². The standard InChI is InChI=1S/C18H16BrF3N2O3S/c19-14-7-10(20)8-16(22)17(14)23-18(25)13-9-12(5-6-15(13)21)28(26,27)24-11-3-1-2-4-11/h5-9,11,24H,1-4H2,(H,23,25). The number of anilines is 1. The van der Waals surface area contributed by atoms with Gasteiger partial charge >= 0.3 is 0 Å². The van der Waals surface area contributed by atoms with Gasteiger partial charge in [0.15, 0.2) is 5.82 Å². The summed E-state index contributed by atoms with van der Waals surface area (Å²) in [5, 5.41) is 2.13. The number of hydrogen-bond donors (Lipinski definition) is 2. The Balaban J connectivity index is 1.88. The molecule has 0 saturated heterocycles. The molecule has 1 fully saturated rings. The number of sulfonamides is 1. The Kier molecular flexibility index (Phi) is 6.11. The summed E-state index contributed by atoms with van der Waals surface area (Å²) in [6.45, 7) is 0. The van der Waals surface area contributed by atoms with E-state index in [9.17, 15) is 26.4 Å². The second-order valence-electron chi connectivity index (χ2n) is 6.44. The molecule has 0 heterocycles. The van der Waals surface area contributed by atoms with Crippen molar-refractivity contribution < 1.29 is 26.4 Å². The van der Waals surface area contributed by atoms with Gasteiger partial charge in [0.05, 0.1) is 16.1 Å². The minimum absolute atomic E-state index is 0.0783. The third-order valence-electron chi connectivity index (χ3n) is 4.42. The van der Waals surface area contributed by atoms with Crippen LogP contribution in [0.5, 0.6) is 0 Å². The minimum Gasteiger partial charge on any atom is -0.318 e. The molecule has 10 heteroatoms. The van der Waals surface area contributed by atoms with Crippen molar-refractivity contribution in [3.63, 3.8) is 0 Å². The van der Waals surface area contributed by atoms with Crippen LogP contribution in [0.1, 0.15) is 36.0 Å². The molecule has 0 unspecified atom stereocenters. The Morgan fingerprint density at radius 1 is 1.04 bits per heavy atom. The van der Waals surface area contributed by atoms with Crippen LogP contribution < -0.4 is 10.0 Å². The largest absolute Gasteiger partial charge is 0.318 e. The Hall–Kier alpha value is -1.91. The van der Waals surface area contributed by atoms with Crippen LogP contribution in [-0.4, -0.2) is 20.4 Å². The first-order chi connectivity index (χ1) is 13.2. The number of nitrogens with one attached hydrogen (secondary N) is 2. The minimum atomic E-state index is -3.94. The molecule has 0 radical (unpaired) electrons. The van der Waals surface area contributed by atoms with E-state index in [1.165, 1.54) is 0 Å². The van der Waals surface area contributed by atoms with Gasteiger partial charge in [0, 0.05) is 16.6 Å². The summed E-state index contributed by atoms with van der Waals surface area (Å²) in [6.07, 6.45) is 3.27. The summed E-state index contributed by atoms with van der Waals surface area (Å²) in [7, 11) is -3.94. The Bertz CT molecular complexity index is 1000. The summed E-state index contributed by atoms with van der Waals surface area (Å²) >= 11 is 2.92. The molecule has 28 heavy (non-hydrogen) atoms. The van der Waals surface area contributed by atoms with Crippen LogP contribution in [0.25, 0.3) is 0 Å². The molecule has 2 N–H and O–H groups in total. The molecular formula is C18H16BrF3N2O3S. The second-order valence-corrected chi connectivity index (χ2v) is 9.01. The van der Waals surface area contributed by atoms with Gasteiger partial charge in [-0.05, 0) is 53.0 Å². The molecule has 1 aliphatic rings. The highest BCUT2D eigenvalue weighted by Gasteiger charge is 2.25. The van der Waals surface area contributed by atoms with Gasteiger partial charge in [-0.25, -0.2) is 26.3 Å². The average molecular weight is 477 g/mol. The summed E-state index contributed by atoms with van der Waals surface area (Å²) in [6, 6.07) is 4.09. The van der Waals surface area contributed by atoms with E-state index >= 15 is 0 Å². The number of halogens is 4. The number of benzene rings is 2. The average Bonchev–Trinajstić information content (AvgIpc) is 3.10. The van der Waals surface area contributed by atoms with E-state index < -0.39 is 38.9 Å². The van der Waals surface area contributed by atoms with Gasteiger partial charge in [0.1, 0.15) is 11.6 Å². The summed E-state index contributed by atoms with van der Waals surface area (Å²) in [5.74, 6) is -3.97. The molecule has 0 bridgehead atoms. The number of carbonyl (C=O) groups excluding carboxylic acids is 1. The highest BCUT2D eigenvalue weighted by molar-refractivity contribution is 9.10. The molecule has 0 atom stereocenters. The van der Waals surface area contributed by atoms with Gasteiger partial charge in [-0.3, -0.25) is 4.79 Å². The van der Waals surface area contributed by atoms with Crippen LogP contribution >= 0.6 is 15.9 Å². The van der Waals surface area contributed by atoms with Crippen molar-refractivity contribution in [2.45, 2.75) is 36.6 Å². The van der Waals surface area contributed by atoms with Crippen molar-refractivity contribution in [3.05, 3.63) is 57.8 Å². The number of carbonyl (C=O) groups is 1. The first-order valence-electron chi connectivity index (χ1n) is 8.45. The highest BCUT2D eigenvalue weighted by Crippen LogP contribution is 2.28. The molecule has 0 spiro atoms. The lowest BCUT2D eigenvalue weighted by molar-refractivity contribution is 0.102. The molecule has 0 aromatic heterocycles. The van der Waals surface area contributed by atoms with Crippen LogP contribution in [0.15, 0.2) is 39.7 Å². The summed E-state index contributed by atoms with van der Waals surface area (Å²) in [5.41, 5.74) is -0.965. The van der Waals surface area contributed by atoms with E-state index in [4.69, 9.17) is 0 Å². The van der Waals surface area contributed by atoms with E-state index in [1.54, 1.807) is 0 Å². The molecule has 150 valence electrons. The number of amides is 1. The van der Waals surface area contributed by atoms with Crippen LogP contribution in [0.2, 0.25) is 0 Å². The predicted octanol–water partition coefficient (Wildman–Crippen LogP) is 4.34. The first kappa shape index (κ1) is 20.8. The summed E-state index contributed by atoms with van der Waals surface area (Å²) < 4.78 is 68.7. The van der Waals surface area contributed by atoms with Gasteiger partial charge in [-0.1, -0.05) is 12.8 Å². The fraction of sp³-hybridized carbons (Fsp3) is 0.278. The highest BCUT2D eigenvalue weighted by atomic mass is 79.9. The van der Waals surface area contributed by atoms with Crippen LogP contribution in [0.4, 0.5) is 18.9 Å². The van der Waals surface area contributed by atoms with E-state index in [0.29, 0.717) is 18.9 Å². The van der Waals surface area contributed by atoms with Crippen molar-refractivity contribution in [2.24, 2.45) is 0 Å². The van der Waals surface area contributed by atoms with Crippen LogP contribution in [0, 0.1) is 17.5 Å². The van der Waals surface area contributed by atoms with Crippen molar-refractivity contribution in [2.75, 3.05) is 5.32 Å². The van der Waals surface area contributed by atoms with Crippen LogP contribution in [0.3, 0.4) is 0 Å². The molecule has 2 aromatic carbocycles. The summed E-state index contributed by atoms with van der Waals surface area (Å²) in [4.78, 5) is 12.1. The fourth-order valence-corrected chi connectivity index (χ4v) is 4.86. The molecule has 1 amide bonds. The van der Waals surface area contributed by atoms with E-state index in [2.05, 4.69) is 26.0 Å². The topological polar surface area (TPSA) is 75.3 Å². The van der Waals surface area contributed by atoms with E-state index in [-0.39, 0.29) is 21.1 Å². The maximum absolute atomic E-state index is 14.1. The zero-order valence-corrected chi connectivity index (χ0v) is 16.8. The van der Waals surface area contributed by atoms with Crippen molar-refractivity contribution in [1.29, 1.82) is 0 Å². The number of hydrogen-bond acceptors (Lipinski definition) is 3. The Labute approximate surface area is 168 Å². The van der Waals surface area contributed by atoms with Gasteiger partial charge in [-0.2, -0.15) is 0 Å². The molecular weight excluding hydrogens is 461 g/mol. The molecule has 0 aliphatic heterocycles. The molecule has 1 aliphatic carbocycles. The third-order valence-corrected chi connectivity index (χ3v) is 6.56. The maximum atomic E-state index is 14.1. The quantitative estimate of drug-likeness (QED) is 0.673. The van der Waals surface area contributed by atoms with Gasteiger partial charge < -0.3 is 5.32 Å². The smallest absolute Gasteiger partial charge is 0.258 e. The van der Waals surface area contributed by atoms with Gasteiger partial charge in [0.25, 0.3) is 5.91 Å². The zero-order valence-electron chi connectivity index (χ0n) is 14.4. The predicted molar refractivity (Wildman–Crippen MR) is 101 cm³/mol. The lowest BCUT2D eigenvalue weighted by Crippen LogP contribution is -2.32. The van der Waals surface area contributed by atoms with E-state index in [0.717, 1.165) is 37.1 Å². The molecule has 5 nitrogen and oxygen atoms in total. The van der Waals surface area contributed by atoms with Crippen LogP contribution in [-0.2, 0) is 10.0 Å². The van der Waals surface area contributed by atoms with E-state index in [1.807, 2.05) is 0 Å². The van der Waals surface area contributed by atoms with Gasteiger partial charge in [-0.15, -0.1) is 0 Å². The maximum Gasteiger partial charge on any atom is 0.258 e. The lowest BCUT2D eigenvalue weighted by atomic mass is 10.2. The molecule has 1 saturated carbocycles. The Morgan fingerprint density at radius 3 is 2.36 bits per heavy atom. The molecule has 3 rings (SSSR count). The lowest BCUT2D eigenvalue weighted by Gasteiger charge is -2.14. The third kappa shape index (κ3) is 4.56. The van der Waals surface area contributed by atoms with Crippen molar-refractivity contribution in [3.8, 4) is 0 Å². The fourth-order valence-electron chi connectivity index (χ4n) is 3.02. The first-order valence-corrected chi connectivity index (χ1v) is 10.7. The van der Waals surface area contributed by atoms with Crippen molar-refractivity contribution in [1.82, 2.24) is 4.72 Å². The zero-order chi connectivity index (χ0) is 20.5. The SMILES string of the molecule is O=C(Nc1c(F)cc(F)cc1Br)c1cc(S(=O)(=O)NC2CCCC2)ccc1F. The second kappa shape index (κ2) is 8.22.